The normalized spacial score (nSPS) is 11.6. The fourth-order valence-electron chi connectivity index (χ4n) is 7.77. The van der Waals surface area contributed by atoms with E-state index >= 15 is 0 Å². The van der Waals surface area contributed by atoms with Gasteiger partial charge in [0, 0.05) is 55.1 Å². The lowest BCUT2D eigenvalue weighted by Gasteiger charge is -2.26. The van der Waals surface area contributed by atoms with E-state index in [-0.39, 0.29) is 0 Å². The van der Waals surface area contributed by atoms with Crippen LogP contribution in [-0.2, 0) is 0 Å². The van der Waals surface area contributed by atoms with Gasteiger partial charge in [-0.2, -0.15) is 0 Å². The Morgan fingerprint density at radius 3 is 2.00 bits per heavy atom. The van der Waals surface area contributed by atoms with E-state index in [1.54, 1.807) is 11.3 Å². The number of rotatable bonds is 6. The van der Waals surface area contributed by atoms with Crippen LogP contribution in [-0.4, -0.2) is 9.97 Å². The predicted molar refractivity (Wildman–Crippen MR) is 231 cm³/mol. The van der Waals surface area contributed by atoms with E-state index in [1.165, 1.54) is 21.0 Å². The van der Waals surface area contributed by atoms with Crippen molar-refractivity contribution in [3.63, 3.8) is 0 Å². The van der Waals surface area contributed by atoms with Crippen molar-refractivity contribution >= 4 is 81.4 Å². The van der Waals surface area contributed by atoms with Crippen molar-refractivity contribution in [3.05, 3.63) is 188 Å². The molecule has 55 heavy (non-hydrogen) atoms. The van der Waals surface area contributed by atoms with E-state index < -0.39 is 0 Å². The van der Waals surface area contributed by atoms with Gasteiger partial charge in [0.25, 0.3) is 0 Å². The first-order valence-corrected chi connectivity index (χ1v) is 19.2. The van der Waals surface area contributed by atoms with Crippen molar-refractivity contribution in [1.82, 2.24) is 9.97 Å². The van der Waals surface area contributed by atoms with E-state index in [0.717, 1.165) is 77.0 Å². The smallest absolute Gasteiger partial charge is 0.160 e. The second kappa shape index (κ2) is 12.8. The molecule has 0 unspecified atom stereocenters. The summed E-state index contributed by atoms with van der Waals surface area (Å²) >= 11 is 1.75. The highest BCUT2D eigenvalue weighted by Crippen LogP contribution is 2.43. The Balaban J connectivity index is 1.06. The Morgan fingerprint density at radius 2 is 1.13 bits per heavy atom. The number of thiophene rings is 1. The van der Waals surface area contributed by atoms with Crippen molar-refractivity contribution in [2.24, 2.45) is 0 Å². The highest BCUT2D eigenvalue weighted by molar-refractivity contribution is 7.26. The zero-order chi connectivity index (χ0) is 36.3. The fourth-order valence-corrected chi connectivity index (χ4v) is 8.93. The summed E-state index contributed by atoms with van der Waals surface area (Å²) in [4.78, 5) is 12.7. The van der Waals surface area contributed by atoms with Crippen LogP contribution in [0.2, 0.25) is 0 Å². The molecular weight excluding hydrogens is 691 g/mol. The highest BCUT2D eigenvalue weighted by atomic mass is 32.1. The van der Waals surface area contributed by atoms with Gasteiger partial charge in [-0.1, -0.05) is 121 Å². The van der Waals surface area contributed by atoms with Crippen LogP contribution in [0.4, 0.5) is 17.1 Å². The van der Waals surface area contributed by atoms with Crippen molar-refractivity contribution in [3.8, 4) is 33.8 Å². The molecule has 0 saturated heterocycles. The van der Waals surface area contributed by atoms with Gasteiger partial charge in [-0.3, -0.25) is 0 Å². The van der Waals surface area contributed by atoms with Gasteiger partial charge in [0.05, 0.1) is 15.9 Å². The van der Waals surface area contributed by atoms with Crippen LogP contribution in [0.1, 0.15) is 0 Å². The third kappa shape index (κ3) is 5.44. The third-order valence-electron chi connectivity index (χ3n) is 10.4. The lowest BCUT2D eigenvalue weighted by atomic mass is 10.0. The van der Waals surface area contributed by atoms with Gasteiger partial charge in [0.2, 0.25) is 0 Å². The van der Waals surface area contributed by atoms with E-state index in [0.29, 0.717) is 5.82 Å². The van der Waals surface area contributed by atoms with Crippen molar-refractivity contribution in [2.75, 3.05) is 4.90 Å². The molecule has 0 radical (unpaired) electrons. The van der Waals surface area contributed by atoms with E-state index in [1.807, 2.05) is 6.07 Å². The topological polar surface area (TPSA) is 42.2 Å². The highest BCUT2D eigenvalue weighted by Gasteiger charge is 2.19. The van der Waals surface area contributed by atoms with Gasteiger partial charge in [0.1, 0.15) is 11.2 Å². The number of hydrogen-bond acceptors (Lipinski definition) is 5. The van der Waals surface area contributed by atoms with E-state index in [9.17, 15) is 0 Å². The molecule has 0 N–H and O–H groups in total. The standard InChI is InChI=1S/C50H31N3OS/c1-3-12-32(13-4-1)36-18-11-19-38(28-36)53(39-24-22-33-14-7-8-17-35(33)29-39)40-25-26-41-43-30-37(23-27-44(43)54-45(41)31-40)50-51-47(34-15-5-2-6-16-34)49-48(52-50)42-20-9-10-21-46(42)55-49/h1-31H. The van der Waals surface area contributed by atoms with Gasteiger partial charge in [-0.25, -0.2) is 9.97 Å². The van der Waals surface area contributed by atoms with Gasteiger partial charge < -0.3 is 9.32 Å². The lowest BCUT2D eigenvalue weighted by Crippen LogP contribution is -2.10. The molecule has 5 heteroatoms. The minimum atomic E-state index is 0.698. The minimum absolute atomic E-state index is 0.698. The Labute approximate surface area is 321 Å². The molecule has 0 fully saturated rings. The summed E-state index contributed by atoms with van der Waals surface area (Å²) in [5, 5.41) is 5.62. The molecule has 11 rings (SSSR count). The fraction of sp³-hybridized carbons (Fsp3) is 0. The largest absolute Gasteiger partial charge is 0.456 e. The molecule has 258 valence electrons. The molecule has 0 aliphatic carbocycles. The molecule has 0 saturated carbocycles. The van der Waals surface area contributed by atoms with Crippen molar-refractivity contribution in [1.29, 1.82) is 0 Å². The average Bonchev–Trinajstić information content (AvgIpc) is 3.82. The number of furan rings is 1. The van der Waals surface area contributed by atoms with Crippen molar-refractivity contribution < 1.29 is 4.42 Å². The van der Waals surface area contributed by atoms with Crippen LogP contribution in [0.25, 0.3) is 86.8 Å². The molecule has 11 aromatic rings. The maximum atomic E-state index is 6.61. The quantitative estimate of drug-likeness (QED) is 0.171. The molecule has 0 spiro atoms. The molecule has 3 aromatic heterocycles. The SMILES string of the molecule is c1ccc(-c2cccc(N(c3ccc4ccccc4c3)c3ccc4c(c3)oc3ccc(-c5nc(-c6ccccc6)c6sc7ccccc7c6n5)cc34)c2)cc1. The zero-order valence-electron chi connectivity index (χ0n) is 29.6. The van der Waals surface area contributed by atoms with Crippen LogP contribution in [0.5, 0.6) is 0 Å². The predicted octanol–water partition coefficient (Wildman–Crippen LogP) is 14.4. The molecular formula is C50H31N3OS. The first kappa shape index (κ1) is 31.4. The molecule has 0 atom stereocenters. The summed E-state index contributed by atoms with van der Waals surface area (Å²) in [5.41, 5.74) is 11.1. The van der Waals surface area contributed by atoms with Gasteiger partial charge in [0.15, 0.2) is 5.82 Å². The number of anilines is 3. The number of hydrogen-bond donors (Lipinski definition) is 0. The van der Waals surface area contributed by atoms with Gasteiger partial charge in [-0.15, -0.1) is 11.3 Å². The van der Waals surface area contributed by atoms with Crippen molar-refractivity contribution in [2.45, 2.75) is 0 Å². The van der Waals surface area contributed by atoms with E-state index in [2.05, 4.69) is 187 Å². The van der Waals surface area contributed by atoms with Crippen LogP contribution in [0.15, 0.2) is 192 Å². The summed E-state index contributed by atoms with van der Waals surface area (Å²) < 4.78 is 8.92. The second-order valence-electron chi connectivity index (χ2n) is 13.8. The maximum absolute atomic E-state index is 6.61. The molecule has 3 heterocycles. The molecule has 0 aliphatic heterocycles. The van der Waals surface area contributed by atoms with Gasteiger partial charge in [-0.05, 0) is 82.6 Å². The summed E-state index contributed by atoms with van der Waals surface area (Å²) in [6.07, 6.45) is 0. The number of fused-ring (bicyclic) bond motifs is 7. The lowest BCUT2D eigenvalue weighted by molar-refractivity contribution is 0.669. The van der Waals surface area contributed by atoms with Crippen LogP contribution in [0.3, 0.4) is 0 Å². The number of nitrogens with zero attached hydrogens (tertiary/aromatic N) is 3. The summed E-state index contributed by atoms with van der Waals surface area (Å²) in [5.74, 6) is 0.698. The number of benzene rings is 8. The molecule has 8 aromatic carbocycles. The minimum Gasteiger partial charge on any atom is -0.456 e. The summed E-state index contributed by atoms with van der Waals surface area (Å²) in [6.45, 7) is 0. The van der Waals surface area contributed by atoms with Crippen LogP contribution < -0.4 is 4.90 Å². The first-order chi connectivity index (χ1) is 27.2. The van der Waals surface area contributed by atoms with Crippen LogP contribution in [0, 0.1) is 0 Å². The molecule has 0 aliphatic rings. The zero-order valence-corrected chi connectivity index (χ0v) is 30.4. The van der Waals surface area contributed by atoms with E-state index in [4.69, 9.17) is 14.4 Å². The molecule has 4 nitrogen and oxygen atoms in total. The monoisotopic (exact) mass is 721 g/mol. The Kier molecular flexibility index (Phi) is 7.32. The van der Waals surface area contributed by atoms with Crippen LogP contribution >= 0.6 is 11.3 Å². The molecule has 0 amide bonds. The maximum Gasteiger partial charge on any atom is 0.160 e. The Bertz CT molecular complexity index is 3220. The van der Waals surface area contributed by atoms with Gasteiger partial charge >= 0.3 is 0 Å². The molecule has 0 bridgehead atoms. The third-order valence-corrected chi connectivity index (χ3v) is 11.6. The Morgan fingerprint density at radius 1 is 0.418 bits per heavy atom. The Hall–Kier alpha value is -7.08. The summed E-state index contributed by atoms with van der Waals surface area (Å²) in [6, 6.07) is 66.2. The second-order valence-corrected chi connectivity index (χ2v) is 14.9. The first-order valence-electron chi connectivity index (χ1n) is 18.4. The summed E-state index contributed by atoms with van der Waals surface area (Å²) in [7, 11) is 0. The average molecular weight is 722 g/mol. The number of aromatic nitrogens is 2.